The van der Waals surface area contributed by atoms with Gasteiger partial charge in [0.2, 0.25) is 23.5 Å². The van der Waals surface area contributed by atoms with E-state index in [9.17, 15) is 9.59 Å². The summed E-state index contributed by atoms with van der Waals surface area (Å²) in [6.07, 6.45) is 0.390. The van der Waals surface area contributed by atoms with Crippen LogP contribution in [0.1, 0.15) is 12.3 Å². The molecule has 0 aliphatic heterocycles. The van der Waals surface area contributed by atoms with Crippen molar-refractivity contribution >= 4 is 40.7 Å². The molecule has 2 amide bonds. The standard InChI is InChI=1S/C21H20Cl2N4O4/c1-27(12-18(28)24-14-5-8-16(22)17(23)11-14)20(29)10-9-19-25-21(26-31-19)13-3-6-15(30-2)7-4-13/h3-8,11H,9-10,12H2,1-2H3,(H,24,28). The highest BCUT2D eigenvalue weighted by molar-refractivity contribution is 6.42. The lowest BCUT2D eigenvalue weighted by atomic mass is 10.2. The first kappa shape index (κ1) is 22.6. The van der Waals surface area contributed by atoms with Crippen LogP contribution < -0.4 is 10.1 Å². The van der Waals surface area contributed by atoms with Crippen LogP contribution in [0, 0.1) is 0 Å². The van der Waals surface area contributed by atoms with E-state index >= 15 is 0 Å². The predicted octanol–water partition coefficient (Wildman–Crippen LogP) is 4.08. The van der Waals surface area contributed by atoms with Gasteiger partial charge in [0, 0.05) is 31.1 Å². The number of amides is 2. The fourth-order valence-electron chi connectivity index (χ4n) is 2.70. The van der Waals surface area contributed by atoms with E-state index in [0.29, 0.717) is 27.4 Å². The Morgan fingerprint density at radius 1 is 1.13 bits per heavy atom. The number of anilines is 1. The molecular formula is C21H20Cl2N4O4. The Morgan fingerprint density at radius 2 is 1.87 bits per heavy atom. The maximum atomic E-state index is 12.4. The zero-order valence-electron chi connectivity index (χ0n) is 16.9. The second kappa shape index (κ2) is 10.3. The summed E-state index contributed by atoms with van der Waals surface area (Å²) < 4.78 is 10.3. The van der Waals surface area contributed by atoms with E-state index < -0.39 is 0 Å². The number of aryl methyl sites for hydroxylation is 1. The van der Waals surface area contributed by atoms with E-state index in [2.05, 4.69) is 15.5 Å². The first-order chi connectivity index (χ1) is 14.9. The van der Waals surface area contributed by atoms with Crippen LogP contribution in [0.2, 0.25) is 10.0 Å². The van der Waals surface area contributed by atoms with Crippen LogP contribution in [-0.2, 0) is 16.0 Å². The number of carbonyl (C=O) groups excluding carboxylic acids is 2. The van der Waals surface area contributed by atoms with Gasteiger partial charge in [-0.25, -0.2) is 0 Å². The summed E-state index contributed by atoms with van der Waals surface area (Å²) in [6, 6.07) is 12.0. The summed E-state index contributed by atoms with van der Waals surface area (Å²) in [6.45, 7) is -0.111. The van der Waals surface area contributed by atoms with Gasteiger partial charge in [0.15, 0.2) is 0 Å². The molecule has 162 valence electrons. The van der Waals surface area contributed by atoms with Crippen molar-refractivity contribution in [3.8, 4) is 17.1 Å². The highest BCUT2D eigenvalue weighted by atomic mass is 35.5. The van der Waals surface area contributed by atoms with Gasteiger partial charge in [0.25, 0.3) is 0 Å². The van der Waals surface area contributed by atoms with Gasteiger partial charge in [-0.1, -0.05) is 28.4 Å². The number of ether oxygens (including phenoxy) is 1. The molecule has 0 unspecified atom stereocenters. The number of hydrogen-bond acceptors (Lipinski definition) is 6. The van der Waals surface area contributed by atoms with Crippen LogP contribution in [0.5, 0.6) is 5.75 Å². The lowest BCUT2D eigenvalue weighted by Crippen LogP contribution is -2.35. The van der Waals surface area contributed by atoms with Crippen LogP contribution >= 0.6 is 23.2 Å². The Morgan fingerprint density at radius 3 is 2.55 bits per heavy atom. The third kappa shape index (κ3) is 6.19. The van der Waals surface area contributed by atoms with E-state index in [0.717, 1.165) is 11.3 Å². The number of carbonyl (C=O) groups is 2. The number of nitrogens with zero attached hydrogens (tertiary/aromatic N) is 3. The van der Waals surface area contributed by atoms with E-state index in [1.165, 1.54) is 4.90 Å². The van der Waals surface area contributed by atoms with Gasteiger partial charge < -0.3 is 19.5 Å². The normalized spacial score (nSPS) is 10.6. The quantitative estimate of drug-likeness (QED) is 0.541. The number of benzene rings is 2. The van der Waals surface area contributed by atoms with Crippen molar-refractivity contribution in [1.82, 2.24) is 15.0 Å². The maximum absolute atomic E-state index is 12.4. The van der Waals surface area contributed by atoms with Crippen molar-refractivity contribution in [3.63, 3.8) is 0 Å². The Balaban J connectivity index is 1.49. The highest BCUT2D eigenvalue weighted by Gasteiger charge is 2.16. The van der Waals surface area contributed by atoms with E-state index in [-0.39, 0.29) is 31.2 Å². The molecule has 0 saturated heterocycles. The molecule has 2 aromatic carbocycles. The molecule has 0 bridgehead atoms. The Bertz CT molecular complexity index is 1070. The van der Waals surface area contributed by atoms with E-state index in [1.54, 1.807) is 44.5 Å². The summed E-state index contributed by atoms with van der Waals surface area (Å²) in [5, 5.41) is 7.33. The smallest absolute Gasteiger partial charge is 0.243 e. The van der Waals surface area contributed by atoms with E-state index in [4.69, 9.17) is 32.5 Å². The molecule has 0 fully saturated rings. The third-order valence-electron chi connectivity index (χ3n) is 4.38. The minimum Gasteiger partial charge on any atom is -0.497 e. The van der Waals surface area contributed by atoms with Gasteiger partial charge in [0.1, 0.15) is 5.75 Å². The maximum Gasteiger partial charge on any atom is 0.243 e. The Labute approximate surface area is 189 Å². The number of rotatable bonds is 8. The Hall–Kier alpha value is -3.10. The molecule has 0 saturated carbocycles. The first-order valence-electron chi connectivity index (χ1n) is 9.31. The molecule has 0 aliphatic rings. The van der Waals surface area contributed by atoms with Gasteiger partial charge >= 0.3 is 0 Å². The number of likely N-dealkylation sites (N-methyl/N-ethyl adjacent to an activating group) is 1. The van der Waals surface area contributed by atoms with Gasteiger partial charge in [0.05, 0.1) is 23.7 Å². The van der Waals surface area contributed by atoms with Crippen LogP contribution in [-0.4, -0.2) is 47.6 Å². The molecule has 1 heterocycles. The molecule has 8 nitrogen and oxygen atoms in total. The van der Waals surface area contributed by atoms with Crippen LogP contribution in [0.4, 0.5) is 5.69 Å². The number of hydrogen-bond donors (Lipinski definition) is 1. The zero-order chi connectivity index (χ0) is 22.4. The summed E-state index contributed by atoms with van der Waals surface area (Å²) in [5.41, 5.74) is 1.27. The van der Waals surface area contributed by atoms with Gasteiger partial charge in [-0.2, -0.15) is 4.98 Å². The van der Waals surface area contributed by atoms with Gasteiger partial charge in [-0.3, -0.25) is 9.59 Å². The summed E-state index contributed by atoms with van der Waals surface area (Å²) in [5.74, 6) is 0.916. The third-order valence-corrected chi connectivity index (χ3v) is 5.12. The van der Waals surface area contributed by atoms with Crippen LogP contribution in [0.25, 0.3) is 11.4 Å². The lowest BCUT2D eigenvalue weighted by Gasteiger charge is -2.16. The number of nitrogens with one attached hydrogen (secondary N) is 1. The molecule has 3 rings (SSSR count). The second-order valence-corrected chi connectivity index (χ2v) is 7.48. The molecule has 31 heavy (non-hydrogen) atoms. The van der Waals surface area contributed by atoms with Crippen molar-refractivity contribution < 1.29 is 18.8 Å². The largest absolute Gasteiger partial charge is 0.497 e. The molecule has 3 aromatic rings. The van der Waals surface area contributed by atoms with E-state index in [1.807, 2.05) is 12.1 Å². The topological polar surface area (TPSA) is 97.6 Å². The average molecular weight is 463 g/mol. The molecule has 1 aromatic heterocycles. The highest BCUT2D eigenvalue weighted by Crippen LogP contribution is 2.25. The minimum absolute atomic E-state index is 0.111. The Kier molecular flexibility index (Phi) is 7.49. The van der Waals surface area contributed by atoms with Crippen molar-refractivity contribution in [2.75, 3.05) is 26.0 Å². The molecular weight excluding hydrogens is 443 g/mol. The number of halogens is 2. The fourth-order valence-corrected chi connectivity index (χ4v) is 2.99. The molecule has 10 heteroatoms. The van der Waals surface area contributed by atoms with Gasteiger partial charge in [-0.15, -0.1) is 0 Å². The minimum atomic E-state index is -0.353. The van der Waals surface area contributed by atoms with Gasteiger partial charge in [-0.05, 0) is 42.5 Å². The molecule has 0 spiro atoms. The summed E-state index contributed by atoms with van der Waals surface area (Å²) >= 11 is 11.8. The SMILES string of the molecule is COc1ccc(-c2noc(CCC(=O)N(C)CC(=O)Nc3ccc(Cl)c(Cl)c3)n2)cc1. The van der Waals surface area contributed by atoms with Crippen molar-refractivity contribution in [3.05, 3.63) is 58.4 Å². The molecule has 0 aliphatic carbocycles. The number of aromatic nitrogens is 2. The van der Waals surface area contributed by atoms with Crippen molar-refractivity contribution in [1.29, 1.82) is 0 Å². The fraction of sp³-hybridized carbons (Fsp3) is 0.238. The molecule has 0 radical (unpaired) electrons. The monoisotopic (exact) mass is 462 g/mol. The molecule has 0 atom stereocenters. The average Bonchev–Trinajstić information content (AvgIpc) is 3.23. The van der Waals surface area contributed by atoms with Crippen molar-refractivity contribution in [2.24, 2.45) is 0 Å². The van der Waals surface area contributed by atoms with Crippen LogP contribution in [0.15, 0.2) is 47.0 Å². The zero-order valence-corrected chi connectivity index (χ0v) is 18.4. The number of methoxy groups -OCH3 is 1. The van der Waals surface area contributed by atoms with Crippen molar-refractivity contribution in [2.45, 2.75) is 12.8 Å². The second-order valence-electron chi connectivity index (χ2n) is 6.67. The molecule has 1 N–H and O–H groups in total. The summed E-state index contributed by atoms with van der Waals surface area (Å²) in [7, 11) is 3.14. The lowest BCUT2D eigenvalue weighted by molar-refractivity contribution is -0.133. The first-order valence-corrected chi connectivity index (χ1v) is 10.1. The van der Waals surface area contributed by atoms with Crippen LogP contribution in [0.3, 0.4) is 0 Å². The predicted molar refractivity (Wildman–Crippen MR) is 117 cm³/mol. The summed E-state index contributed by atoms with van der Waals surface area (Å²) in [4.78, 5) is 30.2.